The number of amides is 1. The third kappa shape index (κ3) is 3.87. The Labute approximate surface area is 134 Å². The minimum Gasteiger partial charge on any atom is -0.481 e. The zero-order valence-corrected chi connectivity index (χ0v) is 13.9. The summed E-state index contributed by atoms with van der Waals surface area (Å²) in [6.07, 6.45) is 3.36. The van der Waals surface area contributed by atoms with E-state index in [2.05, 4.69) is 19.2 Å². The van der Waals surface area contributed by atoms with Crippen molar-refractivity contribution in [1.29, 1.82) is 0 Å². The molecule has 0 spiro atoms. The van der Waals surface area contributed by atoms with Crippen LogP contribution in [0.5, 0.6) is 0 Å². The van der Waals surface area contributed by atoms with Crippen molar-refractivity contribution in [2.75, 3.05) is 13.2 Å². The van der Waals surface area contributed by atoms with E-state index in [4.69, 9.17) is 9.84 Å². The third-order valence-corrected chi connectivity index (χ3v) is 5.19. The van der Waals surface area contributed by atoms with E-state index in [0.717, 1.165) is 19.3 Å². The average Bonchev–Trinajstić information content (AvgIpc) is 3.05. The fourth-order valence-corrected chi connectivity index (χ4v) is 4.05. The molecule has 2 heterocycles. The highest BCUT2D eigenvalue weighted by Gasteiger charge is 2.39. The smallest absolute Gasteiger partial charge is 0.305 e. The molecule has 1 saturated heterocycles. The normalized spacial score (nSPS) is 21.0. The second kappa shape index (κ2) is 7.24. The molecular weight excluding hydrogens is 302 g/mol. The number of rotatable bonds is 7. The fraction of sp³-hybridized carbons (Fsp3) is 0.625. The Morgan fingerprint density at radius 3 is 2.77 bits per heavy atom. The molecule has 1 aromatic heterocycles. The van der Waals surface area contributed by atoms with Crippen molar-refractivity contribution in [2.45, 2.75) is 51.5 Å². The highest BCUT2D eigenvalue weighted by molar-refractivity contribution is 7.14. The topological polar surface area (TPSA) is 75.6 Å². The Morgan fingerprint density at radius 1 is 1.45 bits per heavy atom. The molecular formula is C16H23NO4S. The number of hydrogen-bond acceptors (Lipinski definition) is 4. The van der Waals surface area contributed by atoms with Crippen LogP contribution in [0.1, 0.15) is 53.2 Å². The van der Waals surface area contributed by atoms with Crippen LogP contribution < -0.4 is 5.32 Å². The quantitative estimate of drug-likeness (QED) is 0.808. The van der Waals surface area contributed by atoms with Gasteiger partial charge in [0.2, 0.25) is 0 Å². The molecule has 5 nitrogen and oxygen atoms in total. The summed E-state index contributed by atoms with van der Waals surface area (Å²) in [7, 11) is 0. The number of thiophene rings is 1. The summed E-state index contributed by atoms with van der Waals surface area (Å²) in [4.78, 5) is 25.5. The Morgan fingerprint density at radius 2 is 2.23 bits per heavy atom. The number of nitrogens with one attached hydrogen (secondary N) is 1. The summed E-state index contributed by atoms with van der Waals surface area (Å²) in [6.45, 7) is 4.95. The highest BCUT2D eigenvalue weighted by atomic mass is 32.1. The van der Waals surface area contributed by atoms with Gasteiger partial charge in [0.25, 0.3) is 5.91 Å². The second-order valence-corrected chi connectivity index (χ2v) is 6.91. The van der Waals surface area contributed by atoms with Crippen molar-refractivity contribution in [1.82, 2.24) is 5.32 Å². The lowest BCUT2D eigenvalue weighted by molar-refractivity contribution is -0.138. The fourth-order valence-electron chi connectivity index (χ4n) is 2.80. The first kappa shape index (κ1) is 17.0. The molecule has 1 amide bonds. The molecule has 2 N–H and O–H groups in total. The first-order valence-corrected chi connectivity index (χ1v) is 8.55. The van der Waals surface area contributed by atoms with Crippen molar-refractivity contribution >= 4 is 23.2 Å². The standard InChI is InChI=1S/C16H23NO4S/c1-3-5-12-11(4-2)8-13(22-12)15(20)17-16(9-14(18)19)6-7-21-10-16/h8H,3-7,9-10H2,1-2H3,(H,17,20)(H,18,19). The van der Waals surface area contributed by atoms with Crippen LogP contribution in [0.2, 0.25) is 0 Å². The number of aliphatic carboxylic acids is 1. The van der Waals surface area contributed by atoms with Crippen molar-refractivity contribution < 1.29 is 19.4 Å². The molecule has 22 heavy (non-hydrogen) atoms. The molecule has 1 atom stereocenters. The van der Waals surface area contributed by atoms with Gasteiger partial charge in [-0.1, -0.05) is 20.3 Å². The molecule has 1 fully saturated rings. The van der Waals surface area contributed by atoms with Crippen LogP contribution in [0.4, 0.5) is 0 Å². The van der Waals surface area contributed by atoms with Gasteiger partial charge in [-0.3, -0.25) is 9.59 Å². The molecule has 0 saturated carbocycles. The number of carboxylic acids is 1. The lowest BCUT2D eigenvalue weighted by Gasteiger charge is -2.26. The molecule has 0 aliphatic carbocycles. The van der Waals surface area contributed by atoms with Gasteiger partial charge in [-0.15, -0.1) is 11.3 Å². The number of carbonyl (C=O) groups excluding carboxylic acids is 1. The molecule has 122 valence electrons. The van der Waals surface area contributed by atoms with Crippen LogP contribution in [0.15, 0.2) is 6.07 Å². The second-order valence-electron chi connectivity index (χ2n) is 5.77. The van der Waals surface area contributed by atoms with Crippen LogP contribution in [0, 0.1) is 0 Å². The van der Waals surface area contributed by atoms with E-state index in [1.54, 1.807) is 0 Å². The number of aryl methyl sites for hydroxylation is 2. The molecule has 1 unspecified atom stereocenters. The van der Waals surface area contributed by atoms with Gasteiger partial charge in [0.1, 0.15) is 0 Å². The predicted octanol–water partition coefficient (Wildman–Crippen LogP) is 2.63. The summed E-state index contributed by atoms with van der Waals surface area (Å²) >= 11 is 1.52. The van der Waals surface area contributed by atoms with Crippen LogP contribution in [0.3, 0.4) is 0 Å². The zero-order chi connectivity index (χ0) is 16.2. The highest BCUT2D eigenvalue weighted by Crippen LogP contribution is 2.27. The van der Waals surface area contributed by atoms with Crippen molar-refractivity contribution in [3.05, 3.63) is 21.4 Å². The predicted molar refractivity (Wildman–Crippen MR) is 85.6 cm³/mol. The zero-order valence-electron chi connectivity index (χ0n) is 13.1. The first-order valence-electron chi connectivity index (χ1n) is 7.73. The summed E-state index contributed by atoms with van der Waals surface area (Å²) < 4.78 is 5.31. The maximum absolute atomic E-state index is 12.5. The lowest BCUT2D eigenvalue weighted by atomic mass is 9.94. The molecule has 2 rings (SSSR count). The van der Waals surface area contributed by atoms with Crippen molar-refractivity contribution in [2.24, 2.45) is 0 Å². The van der Waals surface area contributed by atoms with Crippen LogP contribution in [0.25, 0.3) is 0 Å². The van der Waals surface area contributed by atoms with Crippen LogP contribution >= 0.6 is 11.3 Å². The van der Waals surface area contributed by atoms with Crippen molar-refractivity contribution in [3.63, 3.8) is 0 Å². The van der Waals surface area contributed by atoms with E-state index in [-0.39, 0.29) is 18.9 Å². The first-order chi connectivity index (χ1) is 10.5. The average molecular weight is 325 g/mol. The van der Waals surface area contributed by atoms with Crippen LogP contribution in [-0.4, -0.2) is 35.7 Å². The monoisotopic (exact) mass is 325 g/mol. The molecule has 0 radical (unpaired) electrons. The van der Waals surface area contributed by atoms with E-state index in [1.807, 2.05) is 6.07 Å². The Bertz CT molecular complexity index is 546. The number of ether oxygens (including phenoxy) is 1. The maximum atomic E-state index is 12.5. The van der Waals surface area contributed by atoms with E-state index in [1.165, 1.54) is 21.8 Å². The number of carboxylic acid groups (broad SMARTS) is 1. The maximum Gasteiger partial charge on any atom is 0.305 e. The Balaban J connectivity index is 2.15. The van der Waals surface area contributed by atoms with E-state index < -0.39 is 11.5 Å². The minimum absolute atomic E-state index is 0.105. The molecule has 1 aliphatic rings. The van der Waals surface area contributed by atoms with Gasteiger partial charge in [0.15, 0.2) is 0 Å². The van der Waals surface area contributed by atoms with Gasteiger partial charge in [-0.25, -0.2) is 0 Å². The molecule has 1 aliphatic heterocycles. The number of hydrogen-bond donors (Lipinski definition) is 2. The van der Waals surface area contributed by atoms with Gasteiger partial charge in [0, 0.05) is 11.5 Å². The minimum atomic E-state index is -0.919. The van der Waals surface area contributed by atoms with E-state index >= 15 is 0 Å². The summed E-state index contributed by atoms with van der Waals surface area (Å²) in [6, 6.07) is 1.94. The summed E-state index contributed by atoms with van der Waals surface area (Å²) in [5.41, 5.74) is 0.441. The van der Waals surface area contributed by atoms with Gasteiger partial charge >= 0.3 is 5.97 Å². The molecule has 0 aromatic carbocycles. The Hall–Kier alpha value is -1.40. The lowest BCUT2D eigenvalue weighted by Crippen LogP contribution is -2.50. The van der Waals surface area contributed by atoms with Crippen LogP contribution in [-0.2, 0) is 22.4 Å². The van der Waals surface area contributed by atoms with Gasteiger partial charge in [0.05, 0.1) is 23.4 Å². The van der Waals surface area contributed by atoms with Gasteiger partial charge in [-0.2, -0.15) is 0 Å². The Kier molecular flexibility index (Phi) is 5.58. The van der Waals surface area contributed by atoms with Gasteiger partial charge < -0.3 is 15.2 Å². The summed E-state index contributed by atoms with van der Waals surface area (Å²) in [5, 5.41) is 12.0. The largest absolute Gasteiger partial charge is 0.481 e. The van der Waals surface area contributed by atoms with Crippen molar-refractivity contribution in [3.8, 4) is 0 Å². The summed E-state index contributed by atoms with van der Waals surface area (Å²) in [5.74, 6) is -1.10. The number of carbonyl (C=O) groups is 2. The van der Waals surface area contributed by atoms with E-state index in [9.17, 15) is 9.59 Å². The molecule has 6 heteroatoms. The SMILES string of the molecule is CCCc1sc(C(=O)NC2(CC(=O)O)CCOC2)cc1CC. The third-order valence-electron chi connectivity index (χ3n) is 3.95. The van der Waals surface area contributed by atoms with Gasteiger partial charge in [-0.05, 0) is 30.9 Å². The van der Waals surface area contributed by atoms with E-state index in [0.29, 0.717) is 17.9 Å². The molecule has 1 aromatic rings. The molecule has 0 bridgehead atoms.